The van der Waals surface area contributed by atoms with Crippen molar-refractivity contribution < 1.29 is 52.4 Å². The van der Waals surface area contributed by atoms with Crippen LogP contribution in [0, 0.1) is 12.8 Å². The molecule has 1 N–H and O–H groups in total. The van der Waals surface area contributed by atoms with Gasteiger partial charge in [-0.1, -0.05) is 42.8 Å². The lowest BCUT2D eigenvalue weighted by molar-refractivity contribution is -0.139. The number of aryl methyl sites for hydroxylation is 1. The van der Waals surface area contributed by atoms with Gasteiger partial charge in [0.2, 0.25) is 11.8 Å². The zero-order chi connectivity index (χ0) is 58.1. The molecule has 0 aromatic heterocycles. The number of amides is 3. The Kier molecular flexibility index (Phi) is 22.8. The minimum Gasteiger partial charge on any atom is -0.493 e. The molecule has 1 unspecified atom stereocenters. The number of ketones is 2. The number of hydrogen-bond donors (Lipinski definition) is 1. The first-order valence-corrected chi connectivity index (χ1v) is 29.8. The van der Waals surface area contributed by atoms with Crippen LogP contribution >= 0.6 is 0 Å². The Bertz CT molecular complexity index is 2760. The fourth-order valence-corrected chi connectivity index (χ4v) is 12.0. The molecule has 17 nitrogen and oxygen atoms in total. The Balaban J connectivity index is 0.664. The number of piperazine rings is 1. The van der Waals surface area contributed by atoms with Gasteiger partial charge in [0.15, 0.2) is 17.3 Å². The van der Waals surface area contributed by atoms with E-state index < -0.39 is 6.04 Å². The Hall–Kier alpha value is -6.37. The molecule has 82 heavy (non-hydrogen) atoms. The number of Topliss-reactive ketones (excluding diaryl/α,β-unsaturated/α-hetero) is 2. The standard InChI is InChI=1S/C65H88N6O11/c1-8-10-54(73)25-26-59(47(5)72)70-43-57-55(65(70)76)11-9-12-58(57)66-27-32-78-33-34-79-35-36-80-37-38-81-44-63(75)69-30-28-68(29-31-69)52-19-15-48(16-20-52)42-67(6)51-21-23-53(24-22-51)71-62(74)40-50-39-60(77-7)61(82-45(2)3)41-56(50)64(71)49-17-13-46(4)14-18-49/h9,11-14,17-18,21-24,39,41,45,48,52,59,64,66H,8,10,15-16,19-20,25-38,40,42-44H2,1-7H3/t48-,52-,59?,64-/m0/s1. The molecule has 8 rings (SSSR count). The number of carbonyl (C=O) groups excluding carboxylic acids is 5. The summed E-state index contributed by atoms with van der Waals surface area (Å²) < 4.78 is 34.7. The normalized spacial score (nSPS) is 18.6. The average Bonchev–Trinajstić information content (AvgIpc) is 3.98. The third kappa shape index (κ3) is 16.2. The molecule has 4 aliphatic rings. The Morgan fingerprint density at radius 3 is 2.10 bits per heavy atom. The zero-order valence-corrected chi connectivity index (χ0v) is 49.6. The van der Waals surface area contributed by atoms with Crippen LogP contribution in [-0.2, 0) is 51.1 Å². The number of methoxy groups -OCH3 is 1. The number of nitrogens with one attached hydrogen (secondary N) is 1. The Morgan fingerprint density at radius 2 is 1.45 bits per heavy atom. The van der Waals surface area contributed by atoms with Crippen molar-refractivity contribution >= 4 is 46.4 Å². The van der Waals surface area contributed by atoms with E-state index in [1.807, 2.05) is 48.8 Å². The molecule has 2 atom stereocenters. The summed E-state index contributed by atoms with van der Waals surface area (Å²) in [6.45, 7) is 17.4. The van der Waals surface area contributed by atoms with Crippen LogP contribution in [0.4, 0.5) is 17.1 Å². The predicted octanol–water partition coefficient (Wildman–Crippen LogP) is 8.85. The number of carbonyl (C=O) groups is 5. The molecule has 3 amide bonds. The zero-order valence-electron chi connectivity index (χ0n) is 49.6. The highest BCUT2D eigenvalue weighted by atomic mass is 16.6. The molecule has 0 radical (unpaired) electrons. The fraction of sp³-hybridized carbons (Fsp3) is 0.554. The summed E-state index contributed by atoms with van der Waals surface area (Å²) in [7, 11) is 3.81. The van der Waals surface area contributed by atoms with Gasteiger partial charge in [-0.2, -0.15) is 0 Å². The largest absolute Gasteiger partial charge is 0.493 e. The summed E-state index contributed by atoms with van der Waals surface area (Å²) in [5.74, 6) is 1.78. The van der Waals surface area contributed by atoms with E-state index in [0.29, 0.717) is 114 Å². The molecular weight excluding hydrogens is 1040 g/mol. The third-order valence-electron chi connectivity index (χ3n) is 16.4. The second-order valence-electron chi connectivity index (χ2n) is 22.6. The SMILES string of the molecule is CCCC(=O)CCC(C(C)=O)N1Cc2c(NCCOCCOCCOCCOCC(=O)N3CCN([C@H]4CC[C@H](CN(C)c5ccc(N6C(=O)Cc7cc(OC)c(OC(C)C)cc7[C@@H]6c6ccc(C)cc6)cc5)CC4)CC3)cccc2C1=O. The topological polar surface area (TPSA) is 169 Å². The number of rotatable bonds is 31. The van der Waals surface area contributed by atoms with Crippen molar-refractivity contribution in [2.24, 2.45) is 5.92 Å². The third-order valence-corrected chi connectivity index (χ3v) is 16.4. The molecule has 17 heteroatoms. The number of nitrogens with zero attached hydrogens (tertiary/aromatic N) is 5. The van der Waals surface area contributed by atoms with Crippen molar-refractivity contribution in [3.8, 4) is 11.5 Å². The molecular formula is C65H88N6O11. The van der Waals surface area contributed by atoms with E-state index >= 15 is 0 Å². The van der Waals surface area contributed by atoms with E-state index in [0.717, 1.165) is 96.6 Å². The maximum absolute atomic E-state index is 14.1. The highest BCUT2D eigenvalue weighted by Crippen LogP contribution is 2.44. The van der Waals surface area contributed by atoms with Crippen LogP contribution in [-0.4, -0.2) is 168 Å². The van der Waals surface area contributed by atoms with Gasteiger partial charge in [0, 0.05) is 99.9 Å². The molecule has 3 aliphatic heterocycles. The van der Waals surface area contributed by atoms with Crippen molar-refractivity contribution in [3.63, 3.8) is 0 Å². The van der Waals surface area contributed by atoms with Crippen LogP contribution in [0.3, 0.4) is 0 Å². The molecule has 1 saturated heterocycles. The highest BCUT2D eigenvalue weighted by molar-refractivity contribution is 6.03. The maximum Gasteiger partial charge on any atom is 0.255 e. The number of fused-ring (bicyclic) bond motifs is 2. The quantitative estimate of drug-likeness (QED) is 0.0475. The smallest absolute Gasteiger partial charge is 0.255 e. The molecule has 2 fully saturated rings. The van der Waals surface area contributed by atoms with E-state index in [9.17, 15) is 24.0 Å². The van der Waals surface area contributed by atoms with E-state index in [-0.39, 0.29) is 60.9 Å². The molecule has 1 saturated carbocycles. The summed E-state index contributed by atoms with van der Waals surface area (Å²) in [4.78, 5) is 75.6. The fourth-order valence-electron chi connectivity index (χ4n) is 12.0. The first kappa shape index (κ1) is 61.7. The first-order valence-electron chi connectivity index (χ1n) is 29.8. The van der Waals surface area contributed by atoms with Gasteiger partial charge in [0.25, 0.3) is 5.91 Å². The van der Waals surface area contributed by atoms with Gasteiger partial charge < -0.3 is 53.3 Å². The molecule has 0 spiro atoms. The minimum absolute atomic E-state index is 0.0177. The van der Waals surface area contributed by atoms with Gasteiger partial charge in [0.1, 0.15) is 12.4 Å². The highest BCUT2D eigenvalue weighted by Gasteiger charge is 2.38. The van der Waals surface area contributed by atoms with Gasteiger partial charge in [-0.05, 0) is 137 Å². The van der Waals surface area contributed by atoms with E-state index in [1.165, 1.54) is 6.92 Å². The monoisotopic (exact) mass is 1130 g/mol. The van der Waals surface area contributed by atoms with Crippen LogP contribution in [0.2, 0.25) is 0 Å². The van der Waals surface area contributed by atoms with Gasteiger partial charge in [-0.15, -0.1) is 0 Å². The molecule has 444 valence electrons. The number of benzene rings is 4. The average molecular weight is 1130 g/mol. The molecule has 4 aromatic carbocycles. The van der Waals surface area contributed by atoms with Crippen molar-refractivity contribution in [3.05, 3.63) is 112 Å². The van der Waals surface area contributed by atoms with Crippen molar-refractivity contribution in [2.45, 2.75) is 123 Å². The van der Waals surface area contributed by atoms with Crippen LogP contribution in [0.15, 0.2) is 78.9 Å². The number of ether oxygens (including phenoxy) is 6. The summed E-state index contributed by atoms with van der Waals surface area (Å²) in [6, 6.07) is 26.1. The van der Waals surface area contributed by atoms with Crippen molar-refractivity contribution in [2.75, 3.05) is 121 Å². The summed E-state index contributed by atoms with van der Waals surface area (Å²) in [5, 5.41) is 3.37. The van der Waals surface area contributed by atoms with E-state index in [2.05, 4.69) is 83.7 Å². The van der Waals surface area contributed by atoms with Crippen LogP contribution in [0.5, 0.6) is 11.5 Å². The van der Waals surface area contributed by atoms with Crippen molar-refractivity contribution in [1.29, 1.82) is 0 Å². The Morgan fingerprint density at radius 1 is 0.780 bits per heavy atom. The lowest BCUT2D eigenvalue weighted by Gasteiger charge is -2.42. The molecule has 1 aliphatic carbocycles. The Labute approximate surface area is 485 Å². The maximum atomic E-state index is 14.1. The summed E-state index contributed by atoms with van der Waals surface area (Å²) in [5.41, 5.74) is 8.45. The first-order chi connectivity index (χ1) is 39.7. The minimum atomic E-state index is -0.621. The second-order valence-corrected chi connectivity index (χ2v) is 22.6. The molecule has 4 aromatic rings. The van der Waals surface area contributed by atoms with Crippen molar-refractivity contribution in [1.82, 2.24) is 14.7 Å². The van der Waals surface area contributed by atoms with Gasteiger partial charge in [-0.25, -0.2) is 0 Å². The number of hydrogen-bond acceptors (Lipinski definition) is 14. The van der Waals surface area contributed by atoms with Gasteiger partial charge in [-0.3, -0.25) is 28.9 Å². The van der Waals surface area contributed by atoms with Crippen LogP contribution < -0.4 is 24.6 Å². The van der Waals surface area contributed by atoms with Gasteiger partial charge in [0.05, 0.1) is 78.0 Å². The second kappa shape index (κ2) is 30.3. The molecule has 3 heterocycles. The molecule has 0 bridgehead atoms. The lowest BCUT2D eigenvalue weighted by Crippen LogP contribution is -2.53. The predicted molar refractivity (Wildman–Crippen MR) is 318 cm³/mol. The van der Waals surface area contributed by atoms with Crippen LogP contribution in [0.25, 0.3) is 0 Å². The summed E-state index contributed by atoms with van der Waals surface area (Å²) >= 11 is 0. The van der Waals surface area contributed by atoms with Crippen LogP contribution in [0.1, 0.15) is 123 Å². The van der Waals surface area contributed by atoms with E-state index in [4.69, 9.17) is 28.4 Å². The van der Waals surface area contributed by atoms with E-state index in [1.54, 1.807) is 18.1 Å². The lowest BCUT2D eigenvalue weighted by atomic mass is 9.84. The summed E-state index contributed by atoms with van der Waals surface area (Å²) in [6.07, 6.45) is 6.75. The van der Waals surface area contributed by atoms with Gasteiger partial charge >= 0.3 is 0 Å². The number of anilines is 3.